The molecule has 0 spiro atoms. The zero-order valence-electron chi connectivity index (χ0n) is 17.7. The predicted octanol–water partition coefficient (Wildman–Crippen LogP) is 8.63. The molecule has 3 aromatic rings. The monoisotopic (exact) mass is 350 g/mol. The molecule has 3 aromatic carbocycles. The van der Waals surface area contributed by atoms with Crippen LogP contribution in [0, 0.1) is 11.8 Å². The minimum absolute atomic E-state index is 0.884. The SMILES string of the molecule is CCC(C)C.CCC(C)C.c1ccc2ccccc2c1.c1ccccc1. The first-order valence-corrected chi connectivity index (χ1v) is 9.94. The van der Waals surface area contributed by atoms with E-state index in [0.29, 0.717) is 0 Å². The highest BCUT2D eigenvalue weighted by molar-refractivity contribution is 5.81. The molecule has 0 saturated carbocycles. The third kappa shape index (κ3) is 14.3. The van der Waals surface area contributed by atoms with Crippen molar-refractivity contribution < 1.29 is 0 Å². The Hall–Kier alpha value is -2.08. The molecule has 0 heterocycles. The summed E-state index contributed by atoms with van der Waals surface area (Å²) < 4.78 is 0. The van der Waals surface area contributed by atoms with Crippen LogP contribution in [-0.4, -0.2) is 0 Å². The molecule has 0 nitrogen and oxygen atoms in total. The number of benzene rings is 3. The van der Waals surface area contributed by atoms with Gasteiger partial charge in [-0.25, -0.2) is 0 Å². The highest BCUT2D eigenvalue weighted by Crippen LogP contribution is 2.11. The van der Waals surface area contributed by atoms with Crippen LogP contribution in [0.2, 0.25) is 0 Å². The van der Waals surface area contributed by atoms with E-state index in [1.54, 1.807) is 0 Å². The maximum Gasteiger partial charge on any atom is -0.0184 e. The largest absolute Gasteiger partial charge is 0.0651 e. The van der Waals surface area contributed by atoms with Gasteiger partial charge in [-0.3, -0.25) is 0 Å². The lowest BCUT2D eigenvalue weighted by atomic mass is 10.1. The smallest absolute Gasteiger partial charge is 0.0184 e. The van der Waals surface area contributed by atoms with Gasteiger partial charge in [-0.15, -0.1) is 0 Å². The molecule has 0 saturated heterocycles. The molecule has 0 amide bonds. The fraction of sp³-hybridized carbons (Fsp3) is 0.385. The molecule has 142 valence electrons. The Bertz CT molecular complexity index is 538. The van der Waals surface area contributed by atoms with Crippen LogP contribution < -0.4 is 0 Å². The van der Waals surface area contributed by atoms with Crippen LogP contribution >= 0.6 is 0 Å². The standard InChI is InChI=1S/C10H8.C6H6.2C5H12/c1-2-6-10-8-4-3-7-9(10)5-1;1-2-4-6-5-3-1;2*1-4-5(2)3/h1-8H;1-6H;2*5H,4H2,1-3H3. The number of fused-ring (bicyclic) bond motifs is 1. The summed E-state index contributed by atoms with van der Waals surface area (Å²) in [6, 6.07) is 28.7. The Morgan fingerprint density at radius 1 is 0.462 bits per heavy atom. The third-order valence-corrected chi connectivity index (χ3v) is 3.96. The minimum atomic E-state index is 0.884. The van der Waals surface area contributed by atoms with Crippen LogP contribution in [0.5, 0.6) is 0 Å². The summed E-state index contributed by atoms with van der Waals surface area (Å²) in [7, 11) is 0. The first-order valence-electron chi connectivity index (χ1n) is 9.94. The van der Waals surface area contributed by atoms with Crippen molar-refractivity contribution in [3.05, 3.63) is 84.9 Å². The Morgan fingerprint density at radius 3 is 0.808 bits per heavy atom. The van der Waals surface area contributed by atoms with Gasteiger partial charge in [0, 0.05) is 0 Å². The Labute approximate surface area is 162 Å². The molecule has 0 unspecified atom stereocenters. The zero-order valence-corrected chi connectivity index (χ0v) is 17.7. The first-order chi connectivity index (χ1) is 12.5. The summed E-state index contributed by atoms with van der Waals surface area (Å²) in [5.41, 5.74) is 0. The van der Waals surface area contributed by atoms with Crippen molar-refractivity contribution in [3.63, 3.8) is 0 Å². The van der Waals surface area contributed by atoms with Crippen molar-refractivity contribution in [3.8, 4) is 0 Å². The number of hydrogen-bond acceptors (Lipinski definition) is 0. The number of hydrogen-bond donors (Lipinski definition) is 0. The zero-order chi connectivity index (χ0) is 19.6. The van der Waals surface area contributed by atoms with Crippen LogP contribution in [0.4, 0.5) is 0 Å². The Kier molecular flexibility index (Phi) is 15.1. The van der Waals surface area contributed by atoms with Crippen LogP contribution in [-0.2, 0) is 0 Å². The van der Waals surface area contributed by atoms with Crippen LogP contribution in [0.25, 0.3) is 10.8 Å². The summed E-state index contributed by atoms with van der Waals surface area (Å²) in [4.78, 5) is 0. The molecular formula is C26H38. The molecule has 0 bridgehead atoms. The van der Waals surface area contributed by atoms with Gasteiger partial charge in [0.1, 0.15) is 0 Å². The van der Waals surface area contributed by atoms with Gasteiger partial charge in [-0.05, 0) is 22.6 Å². The van der Waals surface area contributed by atoms with Crippen LogP contribution in [0.1, 0.15) is 54.4 Å². The Morgan fingerprint density at radius 2 is 0.654 bits per heavy atom. The van der Waals surface area contributed by atoms with Crippen LogP contribution in [0.15, 0.2) is 84.9 Å². The van der Waals surface area contributed by atoms with E-state index in [2.05, 4.69) is 90.1 Å². The second-order valence-electron chi connectivity index (χ2n) is 7.11. The number of rotatable bonds is 2. The van der Waals surface area contributed by atoms with E-state index in [-0.39, 0.29) is 0 Å². The molecule has 3 rings (SSSR count). The molecule has 0 radical (unpaired) electrons. The van der Waals surface area contributed by atoms with E-state index in [1.807, 2.05) is 36.4 Å². The minimum Gasteiger partial charge on any atom is -0.0651 e. The molecule has 0 fully saturated rings. The van der Waals surface area contributed by atoms with Crippen molar-refractivity contribution in [2.45, 2.75) is 54.4 Å². The van der Waals surface area contributed by atoms with Crippen molar-refractivity contribution in [1.29, 1.82) is 0 Å². The van der Waals surface area contributed by atoms with E-state index < -0.39 is 0 Å². The second-order valence-corrected chi connectivity index (χ2v) is 7.11. The highest BCUT2D eigenvalue weighted by Gasteiger charge is 1.85. The van der Waals surface area contributed by atoms with Crippen molar-refractivity contribution in [2.24, 2.45) is 11.8 Å². The fourth-order valence-corrected chi connectivity index (χ4v) is 1.52. The lowest BCUT2D eigenvalue weighted by Crippen LogP contribution is -1.77. The summed E-state index contributed by atoms with van der Waals surface area (Å²) >= 11 is 0. The lowest BCUT2D eigenvalue weighted by molar-refractivity contribution is 0.626. The van der Waals surface area contributed by atoms with E-state index in [0.717, 1.165) is 11.8 Å². The molecule has 0 aromatic heterocycles. The highest BCUT2D eigenvalue weighted by atomic mass is 13.9. The molecule has 0 aliphatic carbocycles. The van der Waals surface area contributed by atoms with Crippen molar-refractivity contribution >= 4 is 10.8 Å². The van der Waals surface area contributed by atoms with Crippen molar-refractivity contribution in [1.82, 2.24) is 0 Å². The lowest BCUT2D eigenvalue weighted by Gasteiger charge is -1.92. The maximum atomic E-state index is 2.22. The van der Waals surface area contributed by atoms with Gasteiger partial charge in [-0.1, -0.05) is 139 Å². The van der Waals surface area contributed by atoms with Crippen molar-refractivity contribution in [2.75, 3.05) is 0 Å². The van der Waals surface area contributed by atoms with E-state index >= 15 is 0 Å². The normalized spacial score (nSPS) is 9.38. The van der Waals surface area contributed by atoms with Gasteiger partial charge in [0.05, 0.1) is 0 Å². The molecule has 0 atom stereocenters. The summed E-state index contributed by atoms with van der Waals surface area (Å²) in [6.07, 6.45) is 2.61. The van der Waals surface area contributed by atoms with Gasteiger partial charge >= 0.3 is 0 Å². The molecule has 26 heavy (non-hydrogen) atoms. The molecule has 0 aliphatic heterocycles. The average molecular weight is 351 g/mol. The summed E-state index contributed by atoms with van der Waals surface area (Å²) in [6.45, 7) is 13.3. The van der Waals surface area contributed by atoms with Gasteiger partial charge < -0.3 is 0 Å². The van der Waals surface area contributed by atoms with Crippen LogP contribution in [0.3, 0.4) is 0 Å². The Balaban J connectivity index is 0.000000342. The van der Waals surface area contributed by atoms with Gasteiger partial charge in [0.2, 0.25) is 0 Å². The molecule has 0 heteroatoms. The molecular weight excluding hydrogens is 312 g/mol. The van der Waals surface area contributed by atoms with Gasteiger partial charge in [0.15, 0.2) is 0 Å². The molecule has 0 N–H and O–H groups in total. The average Bonchev–Trinajstić information content (AvgIpc) is 2.70. The quantitative estimate of drug-likeness (QED) is 0.434. The van der Waals surface area contributed by atoms with E-state index in [1.165, 1.54) is 23.6 Å². The summed E-state index contributed by atoms with van der Waals surface area (Å²) in [5, 5.41) is 2.62. The predicted molar refractivity (Wildman–Crippen MR) is 121 cm³/mol. The van der Waals surface area contributed by atoms with Gasteiger partial charge in [0.25, 0.3) is 0 Å². The second kappa shape index (κ2) is 16.4. The summed E-state index contributed by atoms with van der Waals surface area (Å²) in [5.74, 6) is 1.77. The fourth-order valence-electron chi connectivity index (χ4n) is 1.52. The third-order valence-electron chi connectivity index (χ3n) is 3.96. The van der Waals surface area contributed by atoms with Gasteiger partial charge in [-0.2, -0.15) is 0 Å². The maximum absolute atomic E-state index is 2.22. The molecule has 0 aliphatic rings. The topological polar surface area (TPSA) is 0 Å². The van der Waals surface area contributed by atoms with E-state index in [9.17, 15) is 0 Å². The van der Waals surface area contributed by atoms with E-state index in [4.69, 9.17) is 0 Å². The first kappa shape index (κ1) is 23.9.